The van der Waals surface area contributed by atoms with Crippen molar-refractivity contribution >= 4 is 5.69 Å². The molecule has 1 rings (SSSR count). The molecule has 0 bridgehead atoms. The van der Waals surface area contributed by atoms with Crippen LogP contribution in [-0.2, 0) is 6.42 Å². The number of benzene rings is 1. The molecule has 1 aromatic carbocycles. The van der Waals surface area contributed by atoms with Gasteiger partial charge in [0.15, 0.2) is 0 Å². The number of anilines is 1. The van der Waals surface area contributed by atoms with Gasteiger partial charge in [0, 0.05) is 17.8 Å². The molecule has 0 aliphatic rings. The number of methoxy groups -OCH3 is 1. The number of likely N-dealkylation sites (N-methyl/N-ethyl adjacent to an activating group) is 1. The lowest BCUT2D eigenvalue weighted by molar-refractivity contribution is 0.415. The van der Waals surface area contributed by atoms with Crippen LogP contribution >= 0.6 is 0 Å². The second-order valence-corrected chi connectivity index (χ2v) is 3.46. The highest BCUT2D eigenvalue weighted by Crippen LogP contribution is 2.20. The maximum Gasteiger partial charge on any atom is 0.120 e. The zero-order valence-electron chi connectivity index (χ0n) is 9.00. The van der Waals surface area contributed by atoms with E-state index in [-0.39, 0.29) is 0 Å². The number of hydrogen-bond acceptors (Lipinski definition) is 3. The van der Waals surface area contributed by atoms with E-state index in [0.717, 1.165) is 23.4 Å². The highest BCUT2D eigenvalue weighted by atomic mass is 16.5. The number of hydrogen-bond donors (Lipinski definition) is 2. The van der Waals surface area contributed by atoms with E-state index in [0.29, 0.717) is 6.04 Å². The number of ether oxygens (including phenoxy) is 1. The molecule has 3 heteroatoms. The third kappa shape index (κ3) is 2.64. The van der Waals surface area contributed by atoms with Gasteiger partial charge in [0.25, 0.3) is 0 Å². The molecule has 0 heterocycles. The van der Waals surface area contributed by atoms with Crippen LogP contribution in [0.15, 0.2) is 18.2 Å². The highest BCUT2D eigenvalue weighted by molar-refractivity contribution is 5.51. The summed E-state index contributed by atoms with van der Waals surface area (Å²) in [5.41, 5.74) is 7.85. The molecular formula is C11H18N2O. The van der Waals surface area contributed by atoms with Gasteiger partial charge in [-0.05, 0) is 32.0 Å². The molecule has 78 valence electrons. The van der Waals surface area contributed by atoms with Gasteiger partial charge < -0.3 is 15.8 Å². The maximum absolute atomic E-state index is 5.89. The second-order valence-electron chi connectivity index (χ2n) is 3.46. The fourth-order valence-electron chi connectivity index (χ4n) is 1.32. The van der Waals surface area contributed by atoms with Crippen molar-refractivity contribution in [2.45, 2.75) is 19.4 Å². The Morgan fingerprint density at radius 3 is 2.71 bits per heavy atom. The van der Waals surface area contributed by atoms with Gasteiger partial charge >= 0.3 is 0 Å². The van der Waals surface area contributed by atoms with Crippen LogP contribution in [0, 0.1) is 0 Å². The van der Waals surface area contributed by atoms with Crippen molar-refractivity contribution in [2.75, 3.05) is 19.9 Å². The maximum atomic E-state index is 5.89. The molecule has 1 atom stereocenters. The fourth-order valence-corrected chi connectivity index (χ4v) is 1.32. The van der Waals surface area contributed by atoms with E-state index in [9.17, 15) is 0 Å². The summed E-state index contributed by atoms with van der Waals surface area (Å²) in [4.78, 5) is 0. The number of rotatable bonds is 4. The monoisotopic (exact) mass is 194 g/mol. The van der Waals surface area contributed by atoms with Gasteiger partial charge in [0.1, 0.15) is 5.75 Å². The first-order valence-electron chi connectivity index (χ1n) is 4.77. The average Bonchev–Trinajstić information content (AvgIpc) is 2.20. The summed E-state index contributed by atoms with van der Waals surface area (Å²) in [5.74, 6) is 0.809. The van der Waals surface area contributed by atoms with Gasteiger partial charge in [0.2, 0.25) is 0 Å². The van der Waals surface area contributed by atoms with Gasteiger partial charge in [-0.25, -0.2) is 0 Å². The van der Waals surface area contributed by atoms with Crippen molar-refractivity contribution < 1.29 is 4.74 Å². The van der Waals surface area contributed by atoms with E-state index < -0.39 is 0 Å². The molecule has 0 aliphatic carbocycles. The van der Waals surface area contributed by atoms with Gasteiger partial charge in [0.05, 0.1) is 7.11 Å². The Morgan fingerprint density at radius 2 is 2.21 bits per heavy atom. The number of nitrogen functional groups attached to an aromatic ring is 1. The van der Waals surface area contributed by atoms with Crippen molar-refractivity contribution in [3.8, 4) is 5.75 Å². The minimum absolute atomic E-state index is 0.436. The standard InChI is InChI=1S/C11H18N2O/c1-8(13-2)6-9-4-5-10(14-3)7-11(9)12/h4-5,7-8,13H,6,12H2,1-3H3. The van der Waals surface area contributed by atoms with Crippen LogP contribution in [0.3, 0.4) is 0 Å². The third-order valence-corrected chi connectivity index (χ3v) is 2.37. The van der Waals surface area contributed by atoms with Crippen LogP contribution in [0.25, 0.3) is 0 Å². The van der Waals surface area contributed by atoms with E-state index in [1.807, 2.05) is 25.2 Å². The Bertz CT molecular complexity index is 299. The first-order valence-corrected chi connectivity index (χ1v) is 4.77. The lowest BCUT2D eigenvalue weighted by Gasteiger charge is -2.12. The van der Waals surface area contributed by atoms with Gasteiger partial charge in [-0.2, -0.15) is 0 Å². The van der Waals surface area contributed by atoms with E-state index in [2.05, 4.69) is 12.2 Å². The van der Waals surface area contributed by atoms with E-state index in [1.54, 1.807) is 7.11 Å². The van der Waals surface area contributed by atoms with Crippen LogP contribution in [0.2, 0.25) is 0 Å². The SMILES string of the molecule is CNC(C)Cc1ccc(OC)cc1N. The Kier molecular flexibility index (Phi) is 3.77. The lowest BCUT2D eigenvalue weighted by atomic mass is 10.1. The second kappa shape index (κ2) is 4.86. The lowest BCUT2D eigenvalue weighted by Crippen LogP contribution is -2.23. The summed E-state index contributed by atoms with van der Waals surface area (Å²) in [6.45, 7) is 2.13. The van der Waals surface area contributed by atoms with Crippen LogP contribution in [0.1, 0.15) is 12.5 Å². The molecule has 0 saturated heterocycles. The van der Waals surface area contributed by atoms with Gasteiger partial charge in [-0.15, -0.1) is 0 Å². The molecule has 3 N–H and O–H groups in total. The van der Waals surface area contributed by atoms with Crippen LogP contribution in [0.4, 0.5) is 5.69 Å². The average molecular weight is 194 g/mol. The predicted molar refractivity (Wildman–Crippen MR) is 59.6 cm³/mol. The number of nitrogens with two attached hydrogens (primary N) is 1. The zero-order valence-corrected chi connectivity index (χ0v) is 9.00. The fraction of sp³-hybridized carbons (Fsp3) is 0.455. The summed E-state index contributed by atoms with van der Waals surface area (Å²) in [6, 6.07) is 6.25. The Balaban J connectivity index is 2.78. The highest BCUT2D eigenvalue weighted by Gasteiger charge is 2.04. The van der Waals surface area contributed by atoms with E-state index >= 15 is 0 Å². The summed E-state index contributed by atoms with van der Waals surface area (Å²) in [6.07, 6.45) is 0.937. The molecule has 3 nitrogen and oxygen atoms in total. The summed E-state index contributed by atoms with van der Waals surface area (Å²) >= 11 is 0. The number of nitrogens with one attached hydrogen (secondary N) is 1. The third-order valence-electron chi connectivity index (χ3n) is 2.37. The Labute approximate surface area is 85.3 Å². The summed E-state index contributed by atoms with van der Waals surface area (Å²) in [7, 11) is 3.59. The molecular weight excluding hydrogens is 176 g/mol. The summed E-state index contributed by atoms with van der Waals surface area (Å²) < 4.78 is 5.09. The summed E-state index contributed by atoms with van der Waals surface area (Å²) in [5, 5.41) is 3.18. The molecule has 1 unspecified atom stereocenters. The normalized spacial score (nSPS) is 12.5. The van der Waals surface area contributed by atoms with Gasteiger partial charge in [-0.3, -0.25) is 0 Å². The first-order chi connectivity index (χ1) is 6.67. The molecule has 1 aromatic rings. The van der Waals surface area contributed by atoms with E-state index in [4.69, 9.17) is 10.5 Å². The van der Waals surface area contributed by atoms with Crippen LogP contribution < -0.4 is 15.8 Å². The topological polar surface area (TPSA) is 47.3 Å². The molecule has 0 aliphatic heterocycles. The Morgan fingerprint density at radius 1 is 1.50 bits per heavy atom. The van der Waals surface area contributed by atoms with Crippen LogP contribution in [-0.4, -0.2) is 20.2 Å². The minimum Gasteiger partial charge on any atom is -0.497 e. The van der Waals surface area contributed by atoms with Crippen molar-refractivity contribution in [1.29, 1.82) is 0 Å². The van der Waals surface area contributed by atoms with Crippen molar-refractivity contribution in [3.63, 3.8) is 0 Å². The Hall–Kier alpha value is -1.22. The molecule has 0 amide bonds. The quantitative estimate of drug-likeness (QED) is 0.713. The molecule has 0 fully saturated rings. The molecule has 14 heavy (non-hydrogen) atoms. The zero-order chi connectivity index (χ0) is 10.6. The van der Waals surface area contributed by atoms with Crippen molar-refractivity contribution in [2.24, 2.45) is 0 Å². The molecule has 0 saturated carbocycles. The largest absolute Gasteiger partial charge is 0.497 e. The molecule has 0 spiro atoms. The van der Waals surface area contributed by atoms with Crippen molar-refractivity contribution in [1.82, 2.24) is 5.32 Å². The predicted octanol–water partition coefficient (Wildman–Crippen LogP) is 1.43. The van der Waals surface area contributed by atoms with Crippen molar-refractivity contribution in [3.05, 3.63) is 23.8 Å². The first kappa shape index (κ1) is 10.9. The van der Waals surface area contributed by atoms with Gasteiger partial charge in [-0.1, -0.05) is 6.07 Å². The molecule has 0 aromatic heterocycles. The molecule has 0 radical (unpaired) electrons. The van der Waals surface area contributed by atoms with Crippen LogP contribution in [0.5, 0.6) is 5.75 Å². The van der Waals surface area contributed by atoms with E-state index in [1.165, 1.54) is 0 Å². The minimum atomic E-state index is 0.436. The smallest absolute Gasteiger partial charge is 0.120 e.